The van der Waals surface area contributed by atoms with Gasteiger partial charge in [0.2, 0.25) is 0 Å². The zero-order chi connectivity index (χ0) is 15.0. The SMILES string of the molecule is CC(C)(C)OC(=O)NCCC#Cc1ccc(C=O)cc1. The van der Waals surface area contributed by atoms with E-state index in [9.17, 15) is 9.59 Å². The Balaban J connectivity index is 2.32. The van der Waals surface area contributed by atoms with E-state index in [0.717, 1.165) is 11.8 Å². The van der Waals surface area contributed by atoms with Crippen LogP contribution in [0, 0.1) is 11.8 Å². The fourth-order valence-electron chi connectivity index (χ4n) is 1.35. The standard InChI is InChI=1S/C16H19NO3/c1-16(2,3)20-15(19)17-11-5-4-6-13-7-9-14(12-18)10-8-13/h7-10,12H,5,11H2,1-3H3,(H,17,19). The van der Waals surface area contributed by atoms with Crippen LogP contribution in [0.5, 0.6) is 0 Å². The molecule has 4 nitrogen and oxygen atoms in total. The molecule has 0 unspecified atom stereocenters. The minimum absolute atomic E-state index is 0.436. The molecule has 0 spiro atoms. The molecule has 0 aliphatic heterocycles. The molecule has 1 rings (SSSR count). The minimum atomic E-state index is -0.490. The van der Waals surface area contributed by atoms with Crippen molar-refractivity contribution < 1.29 is 14.3 Å². The normalized spacial score (nSPS) is 10.2. The highest BCUT2D eigenvalue weighted by atomic mass is 16.6. The van der Waals surface area contributed by atoms with Crippen LogP contribution in [-0.4, -0.2) is 24.5 Å². The summed E-state index contributed by atoms with van der Waals surface area (Å²) in [5, 5.41) is 2.63. The molecular formula is C16H19NO3. The van der Waals surface area contributed by atoms with Crippen LogP contribution < -0.4 is 5.32 Å². The van der Waals surface area contributed by atoms with Crippen molar-refractivity contribution in [3.8, 4) is 11.8 Å². The van der Waals surface area contributed by atoms with E-state index in [4.69, 9.17) is 4.74 Å². The second kappa shape index (κ2) is 7.34. The number of benzene rings is 1. The molecule has 1 amide bonds. The summed E-state index contributed by atoms with van der Waals surface area (Å²) in [7, 11) is 0. The molecule has 1 aromatic rings. The van der Waals surface area contributed by atoms with Crippen molar-refractivity contribution >= 4 is 12.4 Å². The molecule has 0 atom stereocenters. The van der Waals surface area contributed by atoms with E-state index in [1.807, 2.05) is 20.8 Å². The molecule has 0 heterocycles. The number of rotatable bonds is 3. The first-order valence-corrected chi connectivity index (χ1v) is 6.42. The number of hydrogen-bond donors (Lipinski definition) is 1. The number of ether oxygens (including phenoxy) is 1. The smallest absolute Gasteiger partial charge is 0.407 e. The lowest BCUT2D eigenvalue weighted by Gasteiger charge is -2.19. The van der Waals surface area contributed by atoms with Crippen LogP contribution in [-0.2, 0) is 4.74 Å². The van der Waals surface area contributed by atoms with E-state index >= 15 is 0 Å². The molecule has 0 bridgehead atoms. The second-order valence-corrected chi connectivity index (χ2v) is 5.22. The lowest BCUT2D eigenvalue weighted by atomic mass is 10.1. The van der Waals surface area contributed by atoms with Crippen molar-refractivity contribution in [2.75, 3.05) is 6.54 Å². The molecule has 20 heavy (non-hydrogen) atoms. The maximum Gasteiger partial charge on any atom is 0.407 e. The van der Waals surface area contributed by atoms with Gasteiger partial charge in [-0.05, 0) is 32.9 Å². The zero-order valence-corrected chi connectivity index (χ0v) is 12.0. The molecule has 0 radical (unpaired) electrons. The Morgan fingerprint density at radius 3 is 2.50 bits per heavy atom. The predicted molar refractivity (Wildman–Crippen MR) is 77.6 cm³/mol. The van der Waals surface area contributed by atoms with Crippen LogP contribution in [0.2, 0.25) is 0 Å². The van der Waals surface area contributed by atoms with Gasteiger partial charge in [0.15, 0.2) is 0 Å². The molecule has 1 aromatic carbocycles. The largest absolute Gasteiger partial charge is 0.444 e. The number of carbonyl (C=O) groups is 2. The monoisotopic (exact) mass is 273 g/mol. The number of hydrogen-bond acceptors (Lipinski definition) is 3. The van der Waals surface area contributed by atoms with Gasteiger partial charge in [-0.2, -0.15) is 0 Å². The Labute approximate surface area is 119 Å². The average molecular weight is 273 g/mol. The molecule has 0 fully saturated rings. The fraction of sp³-hybridized carbons (Fsp3) is 0.375. The van der Waals surface area contributed by atoms with Gasteiger partial charge in [-0.1, -0.05) is 24.0 Å². The van der Waals surface area contributed by atoms with Crippen LogP contribution in [0.3, 0.4) is 0 Å². The van der Waals surface area contributed by atoms with Gasteiger partial charge >= 0.3 is 6.09 Å². The number of alkyl carbamates (subject to hydrolysis) is 1. The maximum absolute atomic E-state index is 11.3. The van der Waals surface area contributed by atoms with Gasteiger partial charge in [-0.25, -0.2) is 4.79 Å². The van der Waals surface area contributed by atoms with Crippen LogP contribution in [0.15, 0.2) is 24.3 Å². The van der Waals surface area contributed by atoms with Gasteiger partial charge in [-0.15, -0.1) is 0 Å². The fourth-order valence-corrected chi connectivity index (χ4v) is 1.35. The lowest BCUT2D eigenvalue weighted by molar-refractivity contribution is 0.0529. The quantitative estimate of drug-likeness (QED) is 0.523. The number of nitrogens with one attached hydrogen (secondary N) is 1. The van der Waals surface area contributed by atoms with Crippen LogP contribution in [0.1, 0.15) is 43.1 Å². The third kappa shape index (κ3) is 6.60. The van der Waals surface area contributed by atoms with Gasteiger partial charge in [0.25, 0.3) is 0 Å². The van der Waals surface area contributed by atoms with Crippen molar-refractivity contribution in [2.45, 2.75) is 32.8 Å². The zero-order valence-electron chi connectivity index (χ0n) is 12.0. The number of aldehydes is 1. The molecule has 4 heteroatoms. The highest BCUT2D eigenvalue weighted by molar-refractivity contribution is 5.74. The lowest BCUT2D eigenvalue weighted by Crippen LogP contribution is -2.32. The van der Waals surface area contributed by atoms with E-state index < -0.39 is 11.7 Å². The molecule has 106 valence electrons. The van der Waals surface area contributed by atoms with E-state index in [2.05, 4.69) is 17.2 Å². The van der Waals surface area contributed by atoms with Crippen LogP contribution in [0.4, 0.5) is 4.79 Å². The van der Waals surface area contributed by atoms with Crippen molar-refractivity contribution in [1.82, 2.24) is 5.32 Å². The van der Waals surface area contributed by atoms with Gasteiger partial charge in [0.05, 0.1) is 0 Å². The van der Waals surface area contributed by atoms with E-state index in [1.54, 1.807) is 24.3 Å². The molecule has 0 saturated carbocycles. The first kappa shape index (κ1) is 15.8. The minimum Gasteiger partial charge on any atom is -0.444 e. The van der Waals surface area contributed by atoms with Crippen molar-refractivity contribution in [3.05, 3.63) is 35.4 Å². The average Bonchev–Trinajstić information content (AvgIpc) is 2.37. The Morgan fingerprint density at radius 2 is 1.95 bits per heavy atom. The molecule has 0 saturated heterocycles. The van der Waals surface area contributed by atoms with Gasteiger partial charge < -0.3 is 10.1 Å². The summed E-state index contributed by atoms with van der Waals surface area (Å²) in [6, 6.07) is 7.02. The summed E-state index contributed by atoms with van der Waals surface area (Å²) < 4.78 is 5.10. The van der Waals surface area contributed by atoms with Crippen LogP contribution in [0.25, 0.3) is 0 Å². The molecule has 0 aromatic heterocycles. The highest BCUT2D eigenvalue weighted by Gasteiger charge is 2.15. The molecule has 1 N–H and O–H groups in total. The van der Waals surface area contributed by atoms with E-state index in [-0.39, 0.29) is 0 Å². The highest BCUT2D eigenvalue weighted by Crippen LogP contribution is 2.06. The first-order chi connectivity index (χ1) is 9.40. The molecule has 0 aliphatic rings. The summed E-state index contributed by atoms with van der Waals surface area (Å²) in [4.78, 5) is 21.8. The Bertz CT molecular complexity index is 515. The summed E-state index contributed by atoms with van der Waals surface area (Å²) in [5.41, 5.74) is 0.978. The van der Waals surface area contributed by atoms with Crippen LogP contribution >= 0.6 is 0 Å². The van der Waals surface area contributed by atoms with Gasteiger partial charge in [0, 0.05) is 24.1 Å². The summed E-state index contributed by atoms with van der Waals surface area (Å²) in [5.74, 6) is 5.91. The predicted octanol–water partition coefficient (Wildman–Crippen LogP) is 2.77. The Morgan fingerprint density at radius 1 is 1.30 bits per heavy atom. The molecular weight excluding hydrogens is 254 g/mol. The third-order valence-corrected chi connectivity index (χ3v) is 2.20. The number of carbonyl (C=O) groups excluding carboxylic acids is 2. The van der Waals surface area contributed by atoms with Crippen molar-refractivity contribution in [2.24, 2.45) is 0 Å². The van der Waals surface area contributed by atoms with Crippen molar-refractivity contribution in [1.29, 1.82) is 0 Å². The molecule has 0 aliphatic carbocycles. The topological polar surface area (TPSA) is 55.4 Å². The Hall–Kier alpha value is -2.28. The third-order valence-electron chi connectivity index (χ3n) is 2.20. The first-order valence-electron chi connectivity index (χ1n) is 6.42. The summed E-state index contributed by atoms with van der Waals surface area (Å²) in [6.07, 6.45) is 0.894. The van der Waals surface area contributed by atoms with E-state index in [1.165, 1.54) is 0 Å². The maximum atomic E-state index is 11.3. The summed E-state index contributed by atoms with van der Waals surface area (Å²) >= 11 is 0. The van der Waals surface area contributed by atoms with Gasteiger partial charge in [0.1, 0.15) is 11.9 Å². The number of amides is 1. The van der Waals surface area contributed by atoms with Crippen molar-refractivity contribution in [3.63, 3.8) is 0 Å². The Kier molecular flexibility index (Phi) is 5.79. The van der Waals surface area contributed by atoms with E-state index in [0.29, 0.717) is 18.5 Å². The summed E-state index contributed by atoms with van der Waals surface area (Å²) in [6.45, 7) is 5.88. The second-order valence-electron chi connectivity index (χ2n) is 5.22. The van der Waals surface area contributed by atoms with Gasteiger partial charge in [-0.3, -0.25) is 4.79 Å².